The Bertz CT molecular complexity index is 1070. The number of benzene rings is 2. The lowest BCUT2D eigenvalue weighted by Crippen LogP contribution is -2.27. The summed E-state index contributed by atoms with van der Waals surface area (Å²) in [6.45, 7) is 0.291. The second kappa shape index (κ2) is 6.34. The highest BCUT2D eigenvalue weighted by Gasteiger charge is 2.37. The third-order valence-corrected chi connectivity index (χ3v) is 4.92. The summed E-state index contributed by atoms with van der Waals surface area (Å²) < 4.78 is 5.76. The Morgan fingerprint density at radius 2 is 2.04 bits per heavy atom. The molecule has 7 nitrogen and oxygen atoms in total. The molecule has 27 heavy (non-hydrogen) atoms. The van der Waals surface area contributed by atoms with E-state index in [2.05, 4.69) is 11.4 Å². The number of nitrogens with zero attached hydrogens (tertiary/aromatic N) is 2. The van der Waals surface area contributed by atoms with Crippen LogP contribution in [0.25, 0.3) is 5.76 Å². The van der Waals surface area contributed by atoms with Crippen LogP contribution < -0.4 is 11.1 Å². The number of hydrogen-bond acceptors (Lipinski definition) is 6. The van der Waals surface area contributed by atoms with Gasteiger partial charge in [-0.05, 0) is 23.8 Å². The van der Waals surface area contributed by atoms with Gasteiger partial charge in [-0.1, -0.05) is 29.8 Å². The molecular formula is C19H13ClN4O3. The minimum Gasteiger partial charge on any atom is -0.440 e. The van der Waals surface area contributed by atoms with E-state index in [0.29, 0.717) is 34.2 Å². The van der Waals surface area contributed by atoms with Crippen LogP contribution in [0.5, 0.6) is 0 Å². The zero-order valence-corrected chi connectivity index (χ0v) is 14.7. The Kier molecular flexibility index (Phi) is 3.98. The third kappa shape index (κ3) is 2.67. The van der Waals surface area contributed by atoms with E-state index in [1.54, 1.807) is 24.3 Å². The van der Waals surface area contributed by atoms with Crippen LogP contribution in [0.15, 0.2) is 59.5 Å². The minimum atomic E-state index is -0.448. The number of nitrogens with two attached hydrogens (primary N) is 1. The molecule has 2 aliphatic rings. The number of nitrogens with one attached hydrogen (secondary N) is 1. The average molecular weight is 381 g/mol. The first kappa shape index (κ1) is 16.9. The number of para-hydroxylation sites is 1. The highest BCUT2D eigenvalue weighted by Crippen LogP contribution is 2.47. The average Bonchev–Trinajstić information content (AvgIpc) is 2.67. The van der Waals surface area contributed by atoms with E-state index >= 15 is 0 Å². The molecule has 0 bridgehead atoms. The van der Waals surface area contributed by atoms with Crippen LogP contribution in [0, 0.1) is 21.4 Å². The molecule has 0 amide bonds. The number of halogens is 1. The van der Waals surface area contributed by atoms with Gasteiger partial charge in [-0.25, -0.2) is 0 Å². The highest BCUT2D eigenvalue weighted by atomic mass is 35.5. The number of nitriles is 1. The predicted octanol–water partition coefficient (Wildman–Crippen LogP) is 3.89. The number of fused-ring (bicyclic) bond motifs is 2. The van der Waals surface area contributed by atoms with Gasteiger partial charge in [-0.3, -0.25) is 10.1 Å². The molecule has 1 unspecified atom stereocenters. The molecule has 0 aliphatic carbocycles. The fourth-order valence-corrected chi connectivity index (χ4v) is 3.61. The van der Waals surface area contributed by atoms with Crippen LogP contribution in [-0.4, -0.2) is 11.5 Å². The number of ether oxygens (including phenoxy) is 1. The molecule has 0 fully saturated rings. The van der Waals surface area contributed by atoms with Crippen LogP contribution in [0.3, 0.4) is 0 Å². The minimum absolute atomic E-state index is 0.00411. The molecule has 0 saturated carbocycles. The SMILES string of the molecule is N#CC1=C(N)OC2=C(CNc3c2cccc3[N+](=O)[O-])C1c1ccc(Cl)cc1. The van der Waals surface area contributed by atoms with Gasteiger partial charge in [0.2, 0.25) is 5.88 Å². The van der Waals surface area contributed by atoms with Crippen molar-refractivity contribution in [1.29, 1.82) is 5.26 Å². The van der Waals surface area contributed by atoms with Gasteiger partial charge in [0.25, 0.3) is 5.69 Å². The van der Waals surface area contributed by atoms with E-state index < -0.39 is 10.8 Å². The molecule has 134 valence electrons. The third-order valence-electron chi connectivity index (χ3n) is 4.67. The summed E-state index contributed by atoms with van der Waals surface area (Å²) in [4.78, 5) is 10.9. The summed E-state index contributed by atoms with van der Waals surface area (Å²) >= 11 is 5.99. The summed E-state index contributed by atoms with van der Waals surface area (Å²) in [6.07, 6.45) is 0. The Labute approximate surface area is 159 Å². The van der Waals surface area contributed by atoms with Gasteiger partial charge in [-0.2, -0.15) is 5.26 Å². The summed E-state index contributed by atoms with van der Waals surface area (Å²) in [5.41, 5.74) is 8.84. The van der Waals surface area contributed by atoms with Gasteiger partial charge >= 0.3 is 0 Å². The van der Waals surface area contributed by atoms with Crippen molar-refractivity contribution >= 4 is 28.7 Å². The van der Waals surface area contributed by atoms with Crippen molar-refractivity contribution < 1.29 is 9.66 Å². The standard InChI is InChI=1S/C19H13ClN4O3/c20-11-6-4-10(5-7-11)16-13(8-21)19(22)27-18-12-2-1-3-15(24(25)26)17(12)23-9-14(16)18/h1-7,16,23H,9,22H2. The molecular weight excluding hydrogens is 368 g/mol. The maximum Gasteiger partial charge on any atom is 0.293 e. The molecule has 8 heteroatoms. The summed E-state index contributed by atoms with van der Waals surface area (Å²) in [5.74, 6) is 0.0235. The van der Waals surface area contributed by atoms with E-state index in [9.17, 15) is 15.4 Å². The van der Waals surface area contributed by atoms with Crippen molar-refractivity contribution in [3.63, 3.8) is 0 Å². The topological polar surface area (TPSA) is 114 Å². The number of anilines is 1. The second-order valence-corrected chi connectivity index (χ2v) is 6.58. The molecule has 2 aromatic carbocycles. The van der Waals surface area contributed by atoms with Crippen molar-refractivity contribution in [3.05, 3.63) is 85.8 Å². The molecule has 0 saturated heterocycles. The molecule has 0 aromatic heterocycles. The normalized spacial score (nSPS) is 18.0. The van der Waals surface area contributed by atoms with Gasteiger partial charge in [0.15, 0.2) is 0 Å². The Hall–Kier alpha value is -3.50. The van der Waals surface area contributed by atoms with Crippen molar-refractivity contribution in [3.8, 4) is 6.07 Å². The first-order valence-corrected chi connectivity index (χ1v) is 8.46. The van der Waals surface area contributed by atoms with Crippen molar-refractivity contribution in [2.45, 2.75) is 5.92 Å². The lowest BCUT2D eigenvalue weighted by Gasteiger charge is -2.33. The zero-order valence-electron chi connectivity index (χ0n) is 13.9. The summed E-state index contributed by atoms with van der Waals surface area (Å²) in [5, 5.41) is 24.6. The molecule has 2 aromatic rings. The van der Waals surface area contributed by atoms with Gasteiger partial charge in [0.1, 0.15) is 23.1 Å². The van der Waals surface area contributed by atoms with Crippen LogP contribution in [0.4, 0.5) is 11.4 Å². The highest BCUT2D eigenvalue weighted by molar-refractivity contribution is 6.30. The lowest BCUT2D eigenvalue weighted by atomic mass is 9.80. The molecule has 3 N–H and O–H groups in total. The van der Waals surface area contributed by atoms with E-state index in [-0.39, 0.29) is 11.6 Å². The Morgan fingerprint density at radius 1 is 1.30 bits per heavy atom. The first-order valence-electron chi connectivity index (χ1n) is 8.09. The molecule has 0 spiro atoms. The number of allylic oxidation sites excluding steroid dienone is 1. The summed E-state index contributed by atoms with van der Waals surface area (Å²) in [7, 11) is 0. The van der Waals surface area contributed by atoms with Crippen molar-refractivity contribution in [2.75, 3.05) is 11.9 Å². The van der Waals surface area contributed by atoms with Crippen molar-refractivity contribution in [2.24, 2.45) is 5.73 Å². The second-order valence-electron chi connectivity index (χ2n) is 6.14. The van der Waals surface area contributed by atoms with Crippen molar-refractivity contribution in [1.82, 2.24) is 0 Å². The maximum absolute atomic E-state index is 11.3. The smallest absolute Gasteiger partial charge is 0.293 e. The molecule has 2 aliphatic heterocycles. The molecule has 1 atom stereocenters. The maximum atomic E-state index is 11.3. The first-order chi connectivity index (χ1) is 13.0. The number of nitro benzene ring substituents is 1. The van der Waals surface area contributed by atoms with Crippen LogP contribution in [0.2, 0.25) is 5.02 Å². The van der Waals surface area contributed by atoms with Gasteiger partial charge in [-0.15, -0.1) is 0 Å². The van der Waals surface area contributed by atoms with Gasteiger partial charge in [0.05, 0.1) is 10.8 Å². The predicted molar refractivity (Wildman–Crippen MR) is 101 cm³/mol. The molecule has 0 radical (unpaired) electrons. The van der Waals surface area contributed by atoms with E-state index in [0.717, 1.165) is 11.1 Å². The van der Waals surface area contributed by atoms with Gasteiger partial charge < -0.3 is 15.8 Å². The van der Waals surface area contributed by atoms with Gasteiger partial charge in [0, 0.05) is 28.8 Å². The lowest BCUT2D eigenvalue weighted by molar-refractivity contribution is -0.384. The largest absolute Gasteiger partial charge is 0.440 e. The van der Waals surface area contributed by atoms with Crippen LogP contribution in [0.1, 0.15) is 17.0 Å². The Balaban J connectivity index is 1.92. The van der Waals surface area contributed by atoms with E-state index in [1.807, 2.05) is 12.1 Å². The molecule has 4 rings (SSSR count). The monoisotopic (exact) mass is 380 g/mol. The van der Waals surface area contributed by atoms with E-state index in [4.69, 9.17) is 22.1 Å². The van der Waals surface area contributed by atoms with E-state index in [1.165, 1.54) is 6.07 Å². The number of hydrogen-bond donors (Lipinski definition) is 2. The Morgan fingerprint density at radius 3 is 2.70 bits per heavy atom. The quantitative estimate of drug-likeness (QED) is 0.603. The molecule has 2 heterocycles. The zero-order chi connectivity index (χ0) is 19.1. The summed E-state index contributed by atoms with van der Waals surface area (Å²) in [6, 6.07) is 14.0. The fourth-order valence-electron chi connectivity index (χ4n) is 3.48. The fraction of sp³-hybridized carbons (Fsp3) is 0.105. The van der Waals surface area contributed by atoms with Crippen LogP contribution in [-0.2, 0) is 4.74 Å². The van der Waals surface area contributed by atoms with Crippen LogP contribution >= 0.6 is 11.6 Å². The number of nitro groups is 1. The number of rotatable bonds is 2.